The molecule has 1 aromatic heterocycles. The number of nitrogens with zero attached hydrogens (tertiary/aromatic N) is 2. The maximum atomic E-state index is 6.32. The fourth-order valence-electron chi connectivity index (χ4n) is 3.75. The minimum atomic E-state index is 0.524. The summed E-state index contributed by atoms with van der Waals surface area (Å²) >= 11 is 6.32. The number of hydrogen-bond donors (Lipinski definition) is 2. The fourth-order valence-corrected chi connectivity index (χ4v) is 3.93. The maximum Gasteiger partial charge on any atom is 0.141 e. The number of piperidine rings is 1. The molecule has 0 atom stereocenters. The molecule has 0 spiro atoms. The highest BCUT2D eigenvalue weighted by Crippen LogP contribution is 2.36. The Labute approximate surface area is 164 Å². The predicted octanol–water partition coefficient (Wildman–Crippen LogP) is 5.53. The molecule has 0 radical (unpaired) electrons. The SMILES string of the molecule is C=C(C)c1cc2ncnc(Nc3ccccc3Cl)c2cc1C1CCNCC1. The Morgan fingerprint density at radius 1 is 1.19 bits per heavy atom. The van der Waals surface area contributed by atoms with Crippen LogP contribution in [0.1, 0.15) is 36.8 Å². The average Bonchev–Trinajstić information content (AvgIpc) is 2.69. The molecule has 0 saturated carbocycles. The van der Waals surface area contributed by atoms with Gasteiger partial charge >= 0.3 is 0 Å². The zero-order valence-electron chi connectivity index (χ0n) is 15.4. The van der Waals surface area contributed by atoms with E-state index in [1.807, 2.05) is 24.3 Å². The molecule has 2 aromatic carbocycles. The number of benzene rings is 2. The van der Waals surface area contributed by atoms with E-state index in [1.165, 1.54) is 11.1 Å². The molecule has 5 heteroatoms. The van der Waals surface area contributed by atoms with Crippen LogP contribution in [0.15, 0.2) is 49.3 Å². The van der Waals surface area contributed by atoms with Gasteiger partial charge in [-0.15, -0.1) is 0 Å². The van der Waals surface area contributed by atoms with E-state index in [0.717, 1.165) is 53.9 Å². The zero-order valence-corrected chi connectivity index (χ0v) is 16.2. The Morgan fingerprint density at radius 2 is 1.96 bits per heavy atom. The Bertz CT molecular complexity index is 993. The number of halogens is 1. The van der Waals surface area contributed by atoms with Gasteiger partial charge in [0, 0.05) is 5.39 Å². The number of aromatic nitrogens is 2. The Kier molecular flexibility index (Phi) is 5.10. The van der Waals surface area contributed by atoms with Gasteiger partial charge in [0.2, 0.25) is 0 Å². The van der Waals surface area contributed by atoms with Crippen molar-refractivity contribution >= 4 is 39.6 Å². The molecule has 0 unspecified atom stereocenters. The zero-order chi connectivity index (χ0) is 18.8. The summed E-state index contributed by atoms with van der Waals surface area (Å²) in [6.07, 6.45) is 3.85. The summed E-state index contributed by atoms with van der Waals surface area (Å²) in [4.78, 5) is 8.99. The van der Waals surface area contributed by atoms with Gasteiger partial charge in [0.1, 0.15) is 12.1 Å². The topological polar surface area (TPSA) is 49.8 Å². The molecule has 1 aliphatic heterocycles. The highest BCUT2D eigenvalue weighted by molar-refractivity contribution is 6.33. The van der Waals surface area contributed by atoms with Crippen LogP contribution in [0, 0.1) is 0 Å². The maximum absolute atomic E-state index is 6.32. The van der Waals surface area contributed by atoms with Gasteiger partial charge in [0.25, 0.3) is 0 Å². The molecule has 2 heterocycles. The van der Waals surface area contributed by atoms with Crippen LogP contribution in [0.4, 0.5) is 11.5 Å². The van der Waals surface area contributed by atoms with Gasteiger partial charge in [-0.2, -0.15) is 0 Å². The molecule has 2 N–H and O–H groups in total. The third-order valence-electron chi connectivity index (χ3n) is 5.17. The lowest BCUT2D eigenvalue weighted by molar-refractivity contribution is 0.460. The molecule has 0 amide bonds. The van der Waals surface area contributed by atoms with E-state index in [9.17, 15) is 0 Å². The molecule has 0 bridgehead atoms. The van der Waals surface area contributed by atoms with Crippen molar-refractivity contribution in [3.8, 4) is 0 Å². The summed E-state index contributed by atoms with van der Waals surface area (Å²) < 4.78 is 0. The number of hydrogen-bond acceptors (Lipinski definition) is 4. The molecule has 4 rings (SSSR count). The molecule has 3 aromatic rings. The Morgan fingerprint density at radius 3 is 2.70 bits per heavy atom. The van der Waals surface area contributed by atoms with E-state index < -0.39 is 0 Å². The first-order valence-electron chi connectivity index (χ1n) is 9.30. The van der Waals surface area contributed by atoms with Crippen LogP contribution in [-0.2, 0) is 0 Å². The number of rotatable bonds is 4. The lowest BCUT2D eigenvalue weighted by Crippen LogP contribution is -2.27. The van der Waals surface area contributed by atoms with Crippen LogP contribution in [0.25, 0.3) is 16.5 Å². The van der Waals surface area contributed by atoms with E-state index in [-0.39, 0.29) is 0 Å². The van der Waals surface area contributed by atoms with Crippen LogP contribution in [0.2, 0.25) is 5.02 Å². The van der Waals surface area contributed by atoms with E-state index in [2.05, 4.69) is 46.2 Å². The molecule has 27 heavy (non-hydrogen) atoms. The second-order valence-electron chi connectivity index (χ2n) is 7.09. The summed E-state index contributed by atoms with van der Waals surface area (Å²) in [6.45, 7) is 8.36. The minimum Gasteiger partial charge on any atom is -0.338 e. The Hall–Kier alpha value is -2.43. The lowest BCUT2D eigenvalue weighted by atomic mass is 9.84. The summed E-state index contributed by atoms with van der Waals surface area (Å²) in [5.41, 5.74) is 5.37. The Balaban J connectivity index is 1.84. The van der Waals surface area contributed by atoms with E-state index in [1.54, 1.807) is 6.33 Å². The first kappa shape index (κ1) is 18.0. The number of para-hydroxylation sites is 1. The van der Waals surface area contributed by atoms with Crippen LogP contribution in [0.3, 0.4) is 0 Å². The molecular weight excluding hydrogens is 356 g/mol. The monoisotopic (exact) mass is 378 g/mol. The van der Waals surface area contributed by atoms with Gasteiger partial charge in [-0.25, -0.2) is 9.97 Å². The van der Waals surface area contributed by atoms with Gasteiger partial charge < -0.3 is 10.6 Å². The number of nitrogens with one attached hydrogen (secondary N) is 2. The largest absolute Gasteiger partial charge is 0.338 e. The number of fused-ring (bicyclic) bond motifs is 1. The average molecular weight is 379 g/mol. The van der Waals surface area contributed by atoms with Gasteiger partial charge in [0.05, 0.1) is 16.2 Å². The van der Waals surface area contributed by atoms with Crippen molar-refractivity contribution in [2.24, 2.45) is 0 Å². The van der Waals surface area contributed by atoms with Gasteiger partial charge in [-0.1, -0.05) is 35.9 Å². The van der Waals surface area contributed by atoms with E-state index in [4.69, 9.17) is 11.6 Å². The summed E-state index contributed by atoms with van der Waals surface area (Å²) in [5, 5.41) is 8.50. The smallest absolute Gasteiger partial charge is 0.141 e. The lowest BCUT2D eigenvalue weighted by Gasteiger charge is -2.26. The van der Waals surface area contributed by atoms with E-state index in [0.29, 0.717) is 10.9 Å². The molecule has 4 nitrogen and oxygen atoms in total. The standard InChI is InChI=1S/C22H23ClN4/c1-14(2)16-12-21-18(11-17(16)15-7-9-24-10-8-15)22(26-13-25-21)27-20-6-4-3-5-19(20)23/h3-6,11-13,15,24H,1,7-10H2,2H3,(H,25,26,27). The summed E-state index contributed by atoms with van der Waals surface area (Å²) in [7, 11) is 0. The predicted molar refractivity (Wildman–Crippen MR) is 114 cm³/mol. The summed E-state index contributed by atoms with van der Waals surface area (Å²) in [5.74, 6) is 1.30. The fraction of sp³-hybridized carbons (Fsp3) is 0.273. The van der Waals surface area contributed by atoms with Gasteiger partial charge in [-0.3, -0.25) is 0 Å². The first-order chi connectivity index (χ1) is 13.1. The first-order valence-corrected chi connectivity index (χ1v) is 9.68. The molecule has 0 aliphatic carbocycles. The van der Waals surface area contributed by atoms with Crippen molar-refractivity contribution in [3.63, 3.8) is 0 Å². The molecular formula is C22H23ClN4. The number of anilines is 2. The van der Waals surface area contributed by atoms with Crippen LogP contribution in [-0.4, -0.2) is 23.1 Å². The van der Waals surface area contributed by atoms with Crippen LogP contribution in [0.5, 0.6) is 0 Å². The second kappa shape index (κ2) is 7.67. The molecule has 138 valence electrons. The van der Waals surface area contributed by atoms with Crippen molar-refractivity contribution in [2.45, 2.75) is 25.7 Å². The van der Waals surface area contributed by atoms with Crippen LogP contribution < -0.4 is 10.6 Å². The second-order valence-corrected chi connectivity index (χ2v) is 7.50. The highest BCUT2D eigenvalue weighted by Gasteiger charge is 2.20. The van der Waals surface area contributed by atoms with Crippen LogP contribution >= 0.6 is 11.6 Å². The normalized spacial score (nSPS) is 15.0. The van der Waals surface area contributed by atoms with Crippen molar-refractivity contribution in [2.75, 3.05) is 18.4 Å². The third-order valence-corrected chi connectivity index (χ3v) is 5.50. The molecule has 1 saturated heterocycles. The molecule has 1 aliphatic rings. The molecule has 1 fully saturated rings. The van der Waals surface area contributed by atoms with Crippen molar-refractivity contribution in [1.29, 1.82) is 0 Å². The minimum absolute atomic E-state index is 0.524. The van der Waals surface area contributed by atoms with Crippen molar-refractivity contribution < 1.29 is 0 Å². The van der Waals surface area contributed by atoms with Gasteiger partial charge in [-0.05, 0) is 74.2 Å². The quantitative estimate of drug-likeness (QED) is 0.627. The van der Waals surface area contributed by atoms with Gasteiger partial charge in [0.15, 0.2) is 0 Å². The highest BCUT2D eigenvalue weighted by atomic mass is 35.5. The summed E-state index contributed by atoms with van der Waals surface area (Å²) in [6, 6.07) is 12.1. The van der Waals surface area contributed by atoms with E-state index >= 15 is 0 Å². The van der Waals surface area contributed by atoms with Crippen molar-refractivity contribution in [3.05, 3.63) is 65.5 Å². The third kappa shape index (κ3) is 3.68. The number of allylic oxidation sites excluding steroid dienone is 1. The van der Waals surface area contributed by atoms with Crippen molar-refractivity contribution in [1.82, 2.24) is 15.3 Å².